The molecule has 7 heteroatoms. The van der Waals surface area contributed by atoms with Gasteiger partial charge in [0.2, 0.25) is 11.9 Å². The molecule has 0 aliphatic carbocycles. The fourth-order valence-electron chi connectivity index (χ4n) is 3.85. The number of benzene rings is 2. The highest BCUT2D eigenvalue weighted by molar-refractivity contribution is 6.30. The lowest BCUT2D eigenvalue weighted by Crippen LogP contribution is -2.44. The Morgan fingerprint density at radius 3 is 2.69 bits per heavy atom. The third kappa shape index (κ3) is 3.98. The van der Waals surface area contributed by atoms with Crippen molar-refractivity contribution in [1.29, 1.82) is 0 Å². The molecule has 4 rings (SSSR count). The molecule has 150 valence electrons. The summed E-state index contributed by atoms with van der Waals surface area (Å²) in [5, 5.41) is 3.58. The predicted molar refractivity (Wildman–Crippen MR) is 114 cm³/mol. The number of hydrogen-bond acceptors (Lipinski definition) is 3. The zero-order valence-corrected chi connectivity index (χ0v) is 17.0. The summed E-state index contributed by atoms with van der Waals surface area (Å²) in [7, 11) is 0. The molecule has 1 atom stereocenters. The molecule has 1 aromatic heterocycles. The second kappa shape index (κ2) is 8.25. The van der Waals surface area contributed by atoms with E-state index in [1.807, 2.05) is 35.8 Å². The van der Waals surface area contributed by atoms with E-state index in [2.05, 4.69) is 10.3 Å². The first kappa shape index (κ1) is 19.5. The lowest BCUT2D eigenvalue weighted by Gasteiger charge is -2.32. The van der Waals surface area contributed by atoms with Crippen LogP contribution in [0.5, 0.6) is 0 Å². The molecule has 1 saturated heterocycles. The molecule has 3 aromatic rings. The first-order chi connectivity index (χ1) is 14.1. The zero-order chi connectivity index (χ0) is 20.4. The van der Waals surface area contributed by atoms with Crippen molar-refractivity contribution >= 4 is 40.4 Å². The van der Waals surface area contributed by atoms with Crippen LogP contribution in [0.15, 0.2) is 48.5 Å². The number of halogens is 1. The van der Waals surface area contributed by atoms with Crippen LogP contribution in [0, 0.1) is 5.92 Å². The normalized spacial score (nSPS) is 16.8. The van der Waals surface area contributed by atoms with Crippen LogP contribution in [0.4, 0.5) is 5.95 Å². The summed E-state index contributed by atoms with van der Waals surface area (Å²) in [6.45, 7) is 3.79. The predicted octanol–water partition coefficient (Wildman–Crippen LogP) is 4.20. The average molecular weight is 411 g/mol. The van der Waals surface area contributed by atoms with Crippen molar-refractivity contribution in [2.24, 2.45) is 5.92 Å². The minimum Gasteiger partial charge on any atom is -0.338 e. The first-order valence-corrected chi connectivity index (χ1v) is 10.3. The molecular formula is C22H23ClN4O2. The van der Waals surface area contributed by atoms with Crippen LogP contribution in [-0.2, 0) is 11.3 Å². The van der Waals surface area contributed by atoms with Crippen LogP contribution in [0.2, 0.25) is 5.02 Å². The second-order valence-corrected chi connectivity index (χ2v) is 7.69. The molecule has 1 aliphatic heterocycles. The highest BCUT2D eigenvalue weighted by atomic mass is 35.5. The molecule has 1 aliphatic rings. The number of likely N-dealkylation sites (tertiary alicyclic amines) is 1. The molecule has 1 N–H and O–H groups in total. The summed E-state index contributed by atoms with van der Waals surface area (Å²) in [5.74, 6) is 0.133. The van der Waals surface area contributed by atoms with Gasteiger partial charge in [0.15, 0.2) is 0 Å². The Labute approximate surface area is 174 Å². The number of para-hydroxylation sites is 2. The fourth-order valence-corrected chi connectivity index (χ4v) is 3.98. The van der Waals surface area contributed by atoms with Crippen molar-refractivity contribution < 1.29 is 9.59 Å². The summed E-state index contributed by atoms with van der Waals surface area (Å²) in [6.07, 6.45) is 1.55. The number of rotatable bonds is 4. The number of nitrogens with zero attached hydrogens (tertiary/aromatic N) is 3. The van der Waals surface area contributed by atoms with Crippen molar-refractivity contribution in [1.82, 2.24) is 14.5 Å². The molecule has 0 radical (unpaired) electrons. The Kier molecular flexibility index (Phi) is 5.53. The Hall–Kier alpha value is -2.86. The lowest BCUT2D eigenvalue weighted by atomic mass is 9.96. The van der Waals surface area contributed by atoms with Crippen LogP contribution < -0.4 is 5.32 Å². The van der Waals surface area contributed by atoms with Gasteiger partial charge in [0.05, 0.1) is 17.0 Å². The number of nitrogens with one attached hydrogen (secondary N) is 1. The van der Waals surface area contributed by atoms with E-state index >= 15 is 0 Å². The number of aryl methyl sites for hydroxylation is 1. The van der Waals surface area contributed by atoms with Crippen molar-refractivity contribution in [2.75, 3.05) is 18.4 Å². The minimum atomic E-state index is -0.259. The Balaban J connectivity index is 1.48. The van der Waals surface area contributed by atoms with Crippen LogP contribution in [0.1, 0.15) is 30.1 Å². The second-order valence-electron chi connectivity index (χ2n) is 7.25. The van der Waals surface area contributed by atoms with E-state index in [9.17, 15) is 9.59 Å². The van der Waals surface area contributed by atoms with Gasteiger partial charge in [-0.3, -0.25) is 14.9 Å². The Morgan fingerprint density at radius 1 is 1.17 bits per heavy atom. The maximum absolute atomic E-state index is 12.9. The van der Waals surface area contributed by atoms with Gasteiger partial charge >= 0.3 is 0 Å². The van der Waals surface area contributed by atoms with Crippen molar-refractivity contribution in [3.05, 3.63) is 59.1 Å². The first-order valence-electron chi connectivity index (χ1n) is 9.87. The van der Waals surface area contributed by atoms with E-state index in [4.69, 9.17) is 11.6 Å². The van der Waals surface area contributed by atoms with E-state index in [-0.39, 0.29) is 17.7 Å². The van der Waals surface area contributed by atoms with E-state index in [0.29, 0.717) is 36.2 Å². The molecule has 0 spiro atoms. The molecule has 6 nitrogen and oxygen atoms in total. The highest BCUT2D eigenvalue weighted by Crippen LogP contribution is 2.23. The molecular weight excluding hydrogens is 388 g/mol. The van der Waals surface area contributed by atoms with Crippen molar-refractivity contribution in [3.8, 4) is 0 Å². The smallest absolute Gasteiger partial charge is 0.253 e. The van der Waals surface area contributed by atoms with E-state index in [0.717, 1.165) is 23.9 Å². The molecule has 1 fully saturated rings. The number of fused-ring (bicyclic) bond motifs is 1. The van der Waals surface area contributed by atoms with E-state index in [1.165, 1.54) is 0 Å². The Morgan fingerprint density at radius 2 is 1.93 bits per heavy atom. The molecule has 2 amide bonds. The van der Waals surface area contributed by atoms with Gasteiger partial charge in [-0.1, -0.05) is 23.7 Å². The van der Waals surface area contributed by atoms with Gasteiger partial charge in [-0.25, -0.2) is 4.98 Å². The standard InChI is InChI=1S/C22H23ClN4O2/c1-2-27-19-8-4-3-7-18(19)24-22(27)25-20(28)16-6-5-13-26(14-16)21(29)15-9-11-17(23)12-10-15/h3-4,7-12,16H,2,5-6,13-14H2,1H3,(H,24,25,28). The van der Waals surface area contributed by atoms with Gasteiger partial charge in [-0.05, 0) is 56.2 Å². The number of carbonyl (C=O) groups is 2. The monoisotopic (exact) mass is 410 g/mol. The topological polar surface area (TPSA) is 67.2 Å². The van der Waals surface area contributed by atoms with Gasteiger partial charge in [0.1, 0.15) is 0 Å². The maximum Gasteiger partial charge on any atom is 0.253 e. The van der Waals surface area contributed by atoms with Gasteiger partial charge in [0.25, 0.3) is 5.91 Å². The number of hydrogen-bond donors (Lipinski definition) is 1. The highest BCUT2D eigenvalue weighted by Gasteiger charge is 2.29. The number of imidazole rings is 1. The van der Waals surface area contributed by atoms with E-state index < -0.39 is 0 Å². The van der Waals surface area contributed by atoms with Crippen LogP contribution in [0.3, 0.4) is 0 Å². The molecule has 0 saturated carbocycles. The van der Waals surface area contributed by atoms with Crippen LogP contribution >= 0.6 is 11.6 Å². The van der Waals surface area contributed by atoms with Crippen molar-refractivity contribution in [2.45, 2.75) is 26.3 Å². The van der Waals surface area contributed by atoms with Gasteiger partial charge in [-0.2, -0.15) is 0 Å². The molecule has 2 heterocycles. The summed E-state index contributed by atoms with van der Waals surface area (Å²) < 4.78 is 1.99. The summed E-state index contributed by atoms with van der Waals surface area (Å²) in [5.41, 5.74) is 2.43. The SMILES string of the molecule is CCn1c(NC(=O)C2CCCN(C(=O)c3ccc(Cl)cc3)C2)nc2ccccc21. The van der Waals surface area contributed by atoms with Gasteiger partial charge in [0, 0.05) is 30.2 Å². The molecule has 29 heavy (non-hydrogen) atoms. The lowest BCUT2D eigenvalue weighted by molar-refractivity contribution is -0.121. The van der Waals surface area contributed by atoms with Crippen molar-refractivity contribution in [3.63, 3.8) is 0 Å². The molecule has 2 aromatic carbocycles. The summed E-state index contributed by atoms with van der Waals surface area (Å²) >= 11 is 5.91. The molecule has 0 bridgehead atoms. The number of carbonyl (C=O) groups excluding carboxylic acids is 2. The van der Waals surface area contributed by atoms with Crippen LogP contribution in [-0.4, -0.2) is 39.4 Å². The number of aromatic nitrogens is 2. The number of amides is 2. The summed E-state index contributed by atoms with van der Waals surface area (Å²) in [4.78, 5) is 32.0. The Bertz CT molecular complexity index is 1040. The van der Waals surface area contributed by atoms with Crippen LogP contribution in [0.25, 0.3) is 11.0 Å². The third-order valence-electron chi connectivity index (χ3n) is 5.38. The van der Waals surface area contributed by atoms with Gasteiger partial charge < -0.3 is 9.47 Å². The molecule has 1 unspecified atom stereocenters. The van der Waals surface area contributed by atoms with Gasteiger partial charge in [-0.15, -0.1) is 0 Å². The summed E-state index contributed by atoms with van der Waals surface area (Å²) in [6, 6.07) is 14.7. The third-order valence-corrected chi connectivity index (χ3v) is 5.63. The number of piperidine rings is 1. The fraction of sp³-hybridized carbons (Fsp3) is 0.318. The number of anilines is 1. The zero-order valence-electron chi connectivity index (χ0n) is 16.3. The average Bonchev–Trinajstić information content (AvgIpc) is 3.10. The quantitative estimate of drug-likeness (QED) is 0.700. The minimum absolute atomic E-state index is 0.0695. The largest absolute Gasteiger partial charge is 0.338 e. The maximum atomic E-state index is 12.9. The van der Waals surface area contributed by atoms with E-state index in [1.54, 1.807) is 29.2 Å².